The number of benzene rings is 1. The summed E-state index contributed by atoms with van der Waals surface area (Å²) in [5.74, 6) is 0.142. The number of amides is 2. The van der Waals surface area contributed by atoms with E-state index in [0.717, 1.165) is 6.42 Å². The summed E-state index contributed by atoms with van der Waals surface area (Å²) in [5.41, 5.74) is 0. The SMILES string of the molecule is CC[C@@H](C)N(CC(=O)Nc1nccs1)C(=O)COc1ccccc1. The molecule has 128 valence electrons. The zero-order chi connectivity index (χ0) is 17.4. The van der Waals surface area contributed by atoms with E-state index in [-0.39, 0.29) is 31.0 Å². The van der Waals surface area contributed by atoms with Crippen LogP contribution in [0.5, 0.6) is 5.75 Å². The van der Waals surface area contributed by atoms with Gasteiger partial charge in [-0.3, -0.25) is 9.59 Å². The highest BCUT2D eigenvalue weighted by Gasteiger charge is 2.22. The molecular weight excluding hydrogens is 326 g/mol. The van der Waals surface area contributed by atoms with E-state index in [1.54, 1.807) is 23.7 Å². The number of nitrogens with one attached hydrogen (secondary N) is 1. The maximum Gasteiger partial charge on any atom is 0.261 e. The molecular formula is C17H21N3O3S. The fourth-order valence-electron chi connectivity index (χ4n) is 2.05. The molecule has 0 radical (unpaired) electrons. The number of carbonyl (C=O) groups is 2. The van der Waals surface area contributed by atoms with E-state index < -0.39 is 0 Å². The van der Waals surface area contributed by atoms with Gasteiger partial charge in [-0.2, -0.15) is 0 Å². The van der Waals surface area contributed by atoms with Crippen molar-refractivity contribution in [1.82, 2.24) is 9.88 Å². The predicted octanol–water partition coefficient (Wildman–Crippen LogP) is 2.79. The average molecular weight is 347 g/mol. The molecule has 0 spiro atoms. The number of hydrogen-bond acceptors (Lipinski definition) is 5. The number of anilines is 1. The second-order valence-electron chi connectivity index (χ2n) is 5.27. The van der Waals surface area contributed by atoms with Gasteiger partial charge in [0.2, 0.25) is 5.91 Å². The molecule has 1 aromatic carbocycles. The highest BCUT2D eigenvalue weighted by Crippen LogP contribution is 2.12. The summed E-state index contributed by atoms with van der Waals surface area (Å²) in [5, 5.41) is 5.00. The van der Waals surface area contributed by atoms with Crippen LogP contribution in [-0.2, 0) is 9.59 Å². The molecule has 1 heterocycles. The fraction of sp³-hybridized carbons (Fsp3) is 0.353. The highest BCUT2D eigenvalue weighted by atomic mass is 32.1. The second-order valence-corrected chi connectivity index (χ2v) is 6.16. The van der Waals surface area contributed by atoms with Crippen LogP contribution in [0.2, 0.25) is 0 Å². The van der Waals surface area contributed by atoms with Crippen LogP contribution in [0.25, 0.3) is 0 Å². The second kappa shape index (κ2) is 9.02. The average Bonchev–Trinajstić information content (AvgIpc) is 3.10. The smallest absolute Gasteiger partial charge is 0.261 e. The first-order valence-electron chi connectivity index (χ1n) is 7.76. The van der Waals surface area contributed by atoms with E-state index in [2.05, 4.69) is 10.3 Å². The fourth-order valence-corrected chi connectivity index (χ4v) is 2.60. The van der Waals surface area contributed by atoms with Gasteiger partial charge in [0.25, 0.3) is 5.91 Å². The lowest BCUT2D eigenvalue weighted by Crippen LogP contribution is -2.45. The molecule has 0 aliphatic carbocycles. The van der Waals surface area contributed by atoms with Crippen LogP contribution < -0.4 is 10.1 Å². The standard InChI is InChI=1S/C17H21N3O3S/c1-3-13(2)20(11-15(21)19-17-18-9-10-24-17)16(22)12-23-14-7-5-4-6-8-14/h4-10,13H,3,11-12H2,1-2H3,(H,18,19,21)/t13-/m1/s1. The van der Waals surface area contributed by atoms with Gasteiger partial charge in [0.15, 0.2) is 11.7 Å². The van der Waals surface area contributed by atoms with Crippen molar-refractivity contribution in [2.75, 3.05) is 18.5 Å². The van der Waals surface area contributed by atoms with Crippen LogP contribution in [-0.4, -0.2) is 40.9 Å². The number of thiazole rings is 1. The van der Waals surface area contributed by atoms with E-state index in [9.17, 15) is 9.59 Å². The monoisotopic (exact) mass is 347 g/mol. The number of carbonyl (C=O) groups excluding carboxylic acids is 2. The summed E-state index contributed by atoms with van der Waals surface area (Å²) in [7, 11) is 0. The summed E-state index contributed by atoms with van der Waals surface area (Å²) in [6, 6.07) is 9.08. The Morgan fingerprint density at radius 3 is 2.71 bits per heavy atom. The maximum atomic E-state index is 12.5. The Labute approximate surface area is 145 Å². The van der Waals surface area contributed by atoms with Gasteiger partial charge >= 0.3 is 0 Å². The largest absolute Gasteiger partial charge is 0.484 e. The zero-order valence-corrected chi connectivity index (χ0v) is 14.6. The molecule has 0 fully saturated rings. The Bertz CT molecular complexity index is 646. The first-order valence-corrected chi connectivity index (χ1v) is 8.64. The van der Waals surface area contributed by atoms with Crippen LogP contribution in [0, 0.1) is 0 Å². The Balaban J connectivity index is 1.93. The van der Waals surface area contributed by atoms with Gasteiger partial charge in [-0.25, -0.2) is 4.98 Å². The minimum atomic E-state index is -0.265. The van der Waals surface area contributed by atoms with Crippen molar-refractivity contribution in [2.24, 2.45) is 0 Å². The van der Waals surface area contributed by atoms with Crippen LogP contribution in [0.1, 0.15) is 20.3 Å². The lowest BCUT2D eigenvalue weighted by molar-refractivity contribution is -0.138. The Hall–Kier alpha value is -2.41. The minimum absolute atomic E-state index is 0.0223. The van der Waals surface area contributed by atoms with Gasteiger partial charge in [0.1, 0.15) is 12.3 Å². The molecule has 2 amide bonds. The Morgan fingerprint density at radius 1 is 1.33 bits per heavy atom. The van der Waals surface area contributed by atoms with Crippen LogP contribution in [0.15, 0.2) is 41.9 Å². The number of hydrogen-bond donors (Lipinski definition) is 1. The quantitative estimate of drug-likeness (QED) is 0.797. The number of nitrogens with zero attached hydrogens (tertiary/aromatic N) is 2. The molecule has 1 N–H and O–H groups in total. The van der Waals surface area contributed by atoms with Gasteiger partial charge in [-0.15, -0.1) is 11.3 Å². The van der Waals surface area contributed by atoms with Crippen molar-refractivity contribution in [3.63, 3.8) is 0 Å². The third-order valence-electron chi connectivity index (χ3n) is 3.54. The van der Waals surface area contributed by atoms with E-state index in [1.165, 1.54) is 16.2 Å². The van der Waals surface area contributed by atoms with Crippen LogP contribution in [0.4, 0.5) is 5.13 Å². The van der Waals surface area contributed by atoms with Crippen molar-refractivity contribution >= 4 is 28.3 Å². The highest BCUT2D eigenvalue weighted by molar-refractivity contribution is 7.13. The number of aromatic nitrogens is 1. The third kappa shape index (κ3) is 5.34. The van der Waals surface area contributed by atoms with Gasteiger partial charge in [-0.05, 0) is 25.5 Å². The Morgan fingerprint density at radius 2 is 2.08 bits per heavy atom. The van der Waals surface area contributed by atoms with E-state index in [0.29, 0.717) is 10.9 Å². The van der Waals surface area contributed by atoms with Crippen LogP contribution >= 0.6 is 11.3 Å². The zero-order valence-electron chi connectivity index (χ0n) is 13.8. The minimum Gasteiger partial charge on any atom is -0.484 e. The summed E-state index contributed by atoms with van der Waals surface area (Å²) >= 11 is 1.34. The van der Waals surface area contributed by atoms with Gasteiger partial charge in [-0.1, -0.05) is 25.1 Å². The first-order chi connectivity index (χ1) is 11.6. The van der Waals surface area contributed by atoms with E-state index in [4.69, 9.17) is 4.74 Å². The Kier molecular flexibility index (Phi) is 6.74. The van der Waals surface area contributed by atoms with Gasteiger partial charge < -0.3 is 15.0 Å². The summed E-state index contributed by atoms with van der Waals surface area (Å²) in [6.45, 7) is 3.77. The van der Waals surface area contributed by atoms with Gasteiger partial charge in [0.05, 0.1) is 0 Å². The molecule has 6 nitrogen and oxygen atoms in total. The normalized spacial score (nSPS) is 11.6. The first kappa shape index (κ1) is 17.9. The molecule has 1 aromatic heterocycles. The van der Waals surface area contributed by atoms with Crippen LogP contribution in [0.3, 0.4) is 0 Å². The number of para-hydroxylation sites is 1. The van der Waals surface area contributed by atoms with Crippen molar-refractivity contribution in [3.05, 3.63) is 41.9 Å². The summed E-state index contributed by atoms with van der Waals surface area (Å²) in [6.07, 6.45) is 2.37. The van der Waals surface area contributed by atoms with Crippen molar-refractivity contribution in [1.29, 1.82) is 0 Å². The molecule has 0 saturated carbocycles. The molecule has 0 bridgehead atoms. The van der Waals surface area contributed by atoms with E-state index >= 15 is 0 Å². The molecule has 7 heteroatoms. The molecule has 0 aliphatic heterocycles. The molecule has 24 heavy (non-hydrogen) atoms. The lowest BCUT2D eigenvalue weighted by atomic mass is 10.2. The maximum absolute atomic E-state index is 12.5. The lowest BCUT2D eigenvalue weighted by Gasteiger charge is -2.27. The molecule has 2 rings (SSSR count). The van der Waals surface area contributed by atoms with E-state index in [1.807, 2.05) is 32.0 Å². The summed E-state index contributed by atoms with van der Waals surface area (Å²) in [4.78, 5) is 30.1. The van der Waals surface area contributed by atoms with Gasteiger partial charge in [0, 0.05) is 17.6 Å². The summed E-state index contributed by atoms with van der Waals surface area (Å²) < 4.78 is 5.50. The van der Waals surface area contributed by atoms with Crippen molar-refractivity contribution in [2.45, 2.75) is 26.3 Å². The molecule has 1 atom stereocenters. The number of ether oxygens (including phenoxy) is 1. The predicted molar refractivity (Wildman–Crippen MR) is 94.1 cm³/mol. The molecule has 0 unspecified atom stereocenters. The third-order valence-corrected chi connectivity index (χ3v) is 4.23. The molecule has 0 aliphatic rings. The van der Waals surface area contributed by atoms with Crippen molar-refractivity contribution < 1.29 is 14.3 Å². The molecule has 0 saturated heterocycles. The molecule has 2 aromatic rings. The topological polar surface area (TPSA) is 71.5 Å². The van der Waals surface area contributed by atoms with Crippen molar-refractivity contribution in [3.8, 4) is 5.75 Å². The number of rotatable bonds is 8.